The molecule has 0 bridgehead atoms. The minimum Gasteiger partial charge on any atom is -0.456 e. The Morgan fingerprint density at radius 1 is 0.277 bits per heavy atom. The molecule has 0 radical (unpaired) electrons. The fourth-order valence-corrected chi connectivity index (χ4v) is 11.3. The second-order valence-corrected chi connectivity index (χ2v) is 17.6. The van der Waals surface area contributed by atoms with E-state index in [1.165, 1.54) is 88.3 Å². The van der Waals surface area contributed by atoms with Crippen LogP contribution in [-0.2, 0) is 5.41 Å². The van der Waals surface area contributed by atoms with Crippen LogP contribution < -0.4 is 4.90 Å². The van der Waals surface area contributed by atoms with Gasteiger partial charge in [-0.3, -0.25) is 0 Å². The van der Waals surface area contributed by atoms with E-state index in [1.54, 1.807) is 0 Å². The Hall–Kier alpha value is -8.46. The van der Waals surface area contributed by atoms with Gasteiger partial charge in [-0.2, -0.15) is 0 Å². The Kier molecular flexibility index (Phi) is 7.64. The molecule has 0 unspecified atom stereocenters. The van der Waals surface area contributed by atoms with Crippen molar-refractivity contribution < 1.29 is 4.42 Å². The summed E-state index contributed by atoms with van der Waals surface area (Å²) in [7, 11) is 0. The van der Waals surface area contributed by atoms with Gasteiger partial charge >= 0.3 is 0 Å². The average Bonchev–Trinajstić information content (AvgIpc) is 4.00. The average molecular weight is 826 g/mol. The summed E-state index contributed by atoms with van der Waals surface area (Å²) in [6.45, 7) is 0. The van der Waals surface area contributed by atoms with E-state index in [2.05, 4.69) is 235 Å². The first-order chi connectivity index (χ1) is 32.2. The third kappa shape index (κ3) is 5.29. The van der Waals surface area contributed by atoms with Crippen LogP contribution in [0, 0.1) is 0 Å². The van der Waals surface area contributed by atoms with Crippen LogP contribution in [0.25, 0.3) is 88.0 Å². The summed E-state index contributed by atoms with van der Waals surface area (Å²) in [5.74, 6) is 0. The fourth-order valence-electron chi connectivity index (χ4n) is 11.3. The zero-order valence-corrected chi connectivity index (χ0v) is 35.4. The SMILES string of the molecule is c1ccc2c(c1)-c1ccccc1C21c2ccccc2-c2ccc(N(c3ccc(-c4ccc5cc(-c6ccc7ccccc7c6)ccc5c4)cc3)c3ccc4c(c3)oc3ccccc34)cc21. The van der Waals surface area contributed by atoms with Crippen molar-refractivity contribution in [3.05, 3.63) is 259 Å². The first kappa shape index (κ1) is 36.1. The molecule has 0 N–H and O–H groups in total. The van der Waals surface area contributed by atoms with E-state index in [0.717, 1.165) is 39.0 Å². The Morgan fingerprint density at radius 3 is 1.38 bits per heavy atom. The van der Waals surface area contributed by atoms with Crippen molar-refractivity contribution in [2.75, 3.05) is 4.90 Å². The Balaban J connectivity index is 0.902. The quantitative estimate of drug-likeness (QED) is 0.172. The van der Waals surface area contributed by atoms with Gasteiger partial charge in [0.2, 0.25) is 0 Å². The van der Waals surface area contributed by atoms with Crippen LogP contribution in [0.1, 0.15) is 22.3 Å². The van der Waals surface area contributed by atoms with E-state index in [1.807, 2.05) is 6.07 Å². The second kappa shape index (κ2) is 13.8. The van der Waals surface area contributed by atoms with Gasteiger partial charge in [0.15, 0.2) is 0 Å². The summed E-state index contributed by atoms with van der Waals surface area (Å²) >= 11 is 0. The lowest BCUT2D eigenvalue weighted by molar-refractivity contribution is 0.669. The molecule has 12 aromatic rings. The van der Waals surface area contributed by atoms with Crippen molar-refractivity contribution in [1.82, 2.24) is 0 Å². The van der Waals surface area contributed by atoms with Gasteiger partial charge in [-0.15, -0.1) is 0 Å². The predicted octanol–water partition coefficient (Wildman–Crippen LogP) is 17.0. The minimum absolute atomic E-state index is 0.445. The smallest absolute Gasteiger partial charge is 0.137 e. The monoisotopic (exact) mass is 825 g/mol. The number of nitrogens with zero attached hydrogens (tertiary/aromatic N) is 1. The molecule has 0 saturated carbocycles. The minimum atomic E-state index is -0.445. The molecule has 0 amide bonds. The van der Waals surface area contributed by atoms with E-state index < -0.39 is 5.41 Å². The van der Waals surface area contributed by atoms with Crippen LogP contribution in [0.2, 0.25) is 0 Å². The van der Waals surface area contributed by atoms with Crippen molar-refractivity contribution in [2.45, 2.75) is 5.41 Å². The number of hydrogen-bond acceptors (Lipinski definition) is 2. The van der Waals surface area contributed by atoms with Gasteiger partial charge in [0, 0.05) is 33.9 Å². The first-order valence-electron chi connectivity index (χ1n) is 22.5. The summed E-state index contributed by atoms with van der Waals surface area (Å²) in [5.41, 5.74) is 19.8. The number of benzene rings is 11. The van der Waals surface area contributed by atoms with Gasteiger partial charge in [-0.1, -0.05) is 170 Å². The normalized spacial score (nSPS) is 13.0. The van der Waals surface area contributed by atoms with Crippen LogP contribution >= 0.6 is 0 Å². The molecule has 2 heteroatoms. The van der Waals surface area contributed by atoms with E-state index in [0.29, 0.717) is 0 Å². The molecule has 0 fully saturated rings. The van der Waals surface area contributed by atoms with Crippen molar-refractivity contribution in [3.63, 3.8) is 0 Å². The van der Waals surface area contributed by atoms with Crippen LogP contribution in [0.15, 0.2) is 241 Å². The van der Waals surface area contributed by atoms with Gasteiger partial charge in [0.1, 0.15) is 11.2 Å². The maximum atomic E-state index is 6.52. The lowest BCUT2D eigenvalue weighted by Crippen LogP contribution is -2.26. The number of para-hydroxylation sites is 1. The Labute approximate surface area is 376 Å². The highest BCUT2D eigenvalue weighted by atomic mass is 16.3. The largest absolute Gasteiger partial charge is 0.456 e. The van der Waals surface area contributed by atoms with Gasteiger partial charge in [0.05, 0.1) is 5.41 Å². The number of hydrogen-bond donors (Lipinski definition) is 0. The molecule has 0 atom stereocenters. The van der Waals surface area contributed by atoms with Crippen molar-refractivity contribution in [2.24, 2.45) is 0 Å². The maximum Gasteiger partial charge on any atom is 0.137 e. The standard InChI is InChI=1S/C63H39NO/c1-2-12-42-35-44(22-21-40(42)11-1)47-26-25-45-36-43(23-24-46(45)37-47)41-27-29-48(30-28-41)64(50-32-34-56-55-16-6-10-20-61(55)65-62(56)39-50)49-31-33-54-53-15-5-9-19-59(53)63(60(54)38-49)57-17-7-3-13-51(57)52-14-4-8-18-58(52)63/h1-39H. The van der Waals surface area contributed by atoms with E-state index in [4.69, 9.17) is 4.42 Å². The topological polar surface area (TPSA) is 16.4 Å². The molecule has 2 aliphatic carbocycles. The third-order valence-corrected chi connectivity index (χ3v) is 14.2. The zero-order chi connectivity index (χ0) is 42.6. The first-order valence-corrected chi connectivity index (χ1v) is 22.5. The molecule has 2 nitrogen and oxygen atoms in total. The molecule has 302 valence electrons. The molecule has 2 aliphatic rings. The molecule has 14 rings (SSSR count). The lowest BCUT2D eigenvalue weighted by Gasteiger charge is -2.32. The Morgan fingerprint density at radius 2 is 0.723 bits per heavy atom. The highest BCUT2D eigenvalue weighted by Gasteiger charge is 2.51. The highest BCUT2D eigenvalue weighted by Crippen LogP contribution is 2.63. The van der Waals surface area contributed by atoms with Gasteiger partial charge in [0.25, 0.3) is 0 Å². The van der Waals surface area contributed by atoms with Crippen LogP contribution in [-0.4, -0.2) is 0 Å². The summed E-state index contributed by atoms with van der Waals surface area (Å²) in [5, 5.41) is 7.21. The molecule has 0 saturated heterocycles. The molecule has 1 heterocycles. The molecule has 1 spiro atoms. The predicted molar refractivity (Wildman–Crippen MR) is 271 cm³/mol. The summed E-state index contributed by atoms with van der Waals surface area (Å²) in [4.78, 5) is 2.40. The van der Waals surface area contributed by atoms with Crippen molar-refractivity contribution in [3.8, 4) is 44.5 Å². The maximum absolute atomic E-state index is 6.52. The zero-order valence-electron chi connectivity index (χ0n) is 35.4. The van der Waals surface area contributed by atoms with Gasteiger partial charge in [-0.25, -0.2) is 0 Å². The van der Waals surface area contributed by atoms with Crippen molar-refractivity contribution in [1.29, 1.82) is 0 Å². The van der Waals surface area contributed by atoms with Crippen LogP contribution in [0.3, 0.4) is 0 Å². The molecule has 0 aliphatic heterocycles. The van der Waals surface area contributed by atoms with Crippen molar-refractivity contribution >= 4 is 60.5 Å². The molecular formula is C63H39NO. The summed E-state index contributed by atoms with van der Waals surface area (Å²) < 4.78 is 6.52. The summed E-state index contributed by atoms with van der Waals surface area (Å²) in [6.07, 6.45) is 0. The Bertz CT molecular complexity index is 3850. The van der Waals surface area contributed by atoms with Gasteiger partial charge < -0.3 is 9.32 Å². The molecule has 11 aromatic carbocycles. The van der Waals surface area contributed by atoms with Crippen LogP contribution in [0.4, 0.5) is 17.1 Å². The summed E-state index contributed by atoms with van der Waals surface area (Å²) in [6, 6.07) is 87.1. The second-order valence-electron chi connectivity index (χ2n) is 17.6. The van der Waals surface area contributed by atoms with E-state index in [9.17, 15) is 0 Å². The highest BCUT2D eigenvalue weighted by molar-refractivity contribution is 6.06. The number of furan rings is 1. The van der Waals surface area contributed by atoms with Gasteiger partial charge in [-0.05, 0) is 149 Å². The number of fused-ring (bicyclic) bond motifs is 15. The molecule has 65 heavy (non-hydrogen) atoms. The molecule has 1 aromatic heterocycles. The van der Waals surface area contributed by atoms with E-state index >= 15 is 0 Å². The van der Waals surface area contributed by atoms with E-state index in [-0.39, 0.29) is 0 Å². The molecular weight excluding hydrogens is 787 g/mol. The fraction of sp³-hybridized carbons (Fsp3) is 0.0159. The lowest BCUT2D eigenvalue weighted by atomic mass is 9.70. The third-order valence-electron chi connectivity index (χ3n) is 14.2. The number of rotatable bonds is 5. The number of anilines is 3. The van der Waals surface area contributed by atoms with Crippen LogP contribution in [0.5, 0.6) is 0 Å².